The molecule has 0 spiro atoms. The van der Waals surface area contributed by atoms with Crippen LogP contribution < -0.4 is 15.1 Å². The smallest absolute Gasteiger partial charge is 0.246 e. The van der Waals surface area contributed by atoms with E-state index in [1.165, 1.54) is 5.69 Å². The second kappa shape index (κ2) is 10.7. The van der Waals surface area contributed by atoms with Crippen LogP contribution in [0.4, 0.5) is 11.4 Å². The van der Waals surface area contributed by atoms with E-state index in [2.05, 4.69) is 51.7 Å². The van der Waals surface area contributed by atoms with Crippen LogP contribution in [0.2, 0.25) is 0 Å². The van der Waals surface area contributed by atoms with E-state index >= 15 is 0 Å². The zero-order valence-electron chi connectivity index (χ0n) is 18.1. The Balaban J connectivity index is 0.00000272. The molecule has 1 amide bonds. The Bertz CT molecular complexity index is 947. The molecular weight excluding hydrogens is 505 g/mol. The van der Waals surface area contributed by atoms with E-state index in [1.54, 1.807) is 15.8 Å². The van der Waals surface area contributed by atoms with Gasteiger partial charge in [0.05, 0.1) is 18.4 Å². The van der Waals surface area contributed by atoms with Crippen LogP contribution in [0.5, 0.6) is 0 Å². The minimum absolute atomic E-state index is 0. The summed E-state index contributed by atoms with van der Waals surface area (Å²) in [7, 11) is 1.86. The van der Waals surface area contributed by atoms with E-state index in [9.17, 15) is 4.79 Å². The standard InChI is InChI=1S/C22H29N7O.HI/c1-3-23-22(24-14-18-7-6-8-19(13-18)27-9-4-5-10-27)28-11-12-29(21(30)17-28)20-15-25-26(2)16-20;/h4-8,13,15-16H,3,9-12,14,17H2,1-2H3,(H,23,24);1H. The van der Waals surface area contributed by atoms with Crippen LogP contribution >= 0.6 is 24.0 Å². The lowest BCUT2D eigenvalue weighted by Crippen LogP contribution is -2.55. The summed E-state index contributed by atoms with van der Waals surface area (Å²) in [5, 5.41) is 7.51. The maximum absolute atomic E-state index is 12.7. The molecular formula is C22H30IN7O. The summed E-state index contributed by atoms with van der Waals surface area (Å²) in [6.07, 6.45) is 7.98. The van der Waals surface area contributed by atoms with Gasteiger partial charge in [0, 0.05) is 51.7 Å². The van der Waals surface area contributed by atoms with Crippen molar-refractivity contribution >= 4 is 47.2 Å². The number of carbonyl (C=O) groups is 1. The van der Waals surface area contributed by atoms with Crippen molar-refractivity contribution in [2.24, 2.45) is 12.0 Å². The molecule has 0 radical (unpaired) electrons. The second-order valence-corrected chi connectivity index (χ2v) is 7.56. The molecule has 0 bridgehead atoms. The van der Waals surface area contributed by atoms with Crippen molar-refractivity contribution in [2.75, 3.05) is 49.1 Å². The molecule has 3 heterocycles. The number of nitrogens with one attached hydrogen (secondary N) is 1. The molecule has 9 heteroatoms. The van der Waals surface area contributed by atoms with Crippen LogP contribution in [-0.2, 0) is 18.4 Å². The predicted octanol–water partition coefficient (Wildman–Crippen LogP) is 2.23. The lowest BCUT2D eigenvalue weighted by Gasteiger charge is -2.35. The molecule has 1 aromatic heterocycles. The average Bonchev–Trinajstić information content (AvgIpc) is 3.43. The number of carbonyl (C=O) groups excluding carboxylic acids is 1. The molecule has 2 aromatic rings. The summed E-state index contributed by atoms with van der Waals surface area (Å²) in [4.78, 5) is 23.7. The van der Waals surface area contributed by atoms with Crippen molar-refractivity contribution in [1.29, 1.82) is 0 Å². The van der Waals surface area contributed by atoms with E-state index in [-0.39, 0.29) is 29.9 Å². The maximum atomic E-state index is 12.7. The van der Waals surface area contributed by atoms with Gasteiger partial charge in [-0.25, -0.2) is 4.99 Å². The monoisotopic (exact) mass is 535 g/mol. The Morgan fingerprint density at radius 1 is 1.19 bits per heavy atom. The van der Waals surface area contributed by atoms with E-state index < -0.39 is 0 Å². The van der Waals surface area contributed by atoms with Gasteiger partial charge in [-0.2, -0.15) is 5.10 Å². The number of nitrogens with zero attached hydrogens (tertiary/aromatic N) is 6. The first-order valence-electron chi connectivity index (χ1n) is 10.4. The summed E-state index contributed by atoms with van der Waals surface area (Å²) in [5.41, 5.74) is 3.23. The number of amides is 1. The molecule has 8 nitrogen and oxygen atoms in total. The van der Waals surface area contributed by atoms with Gasteiger partial charge in [-0.3, -0.25) is 9.48 Å². The molecule has 0 unspecified atom stereocenters. The average molecular weight is 535 g/mol. The predicted molar refractivity (Wildman–Crippen MR) is 135 cm³/mol. The largest absolute Gasteiger partial charge is 0.364 e. The Morgan fingerprint density at radius 2 is 2.00 bits per heavy atom. The first-order chi connectivity index (χ1) is 14.6. The molecule has 2 aliphatic heterocycles. The first-order valence-corrected chi connectivity index (χ1v) is 10.4. The van der Waals surface area contributed by atoms with E-state index in [4.69, 9.17) is 4.99 Å². The van der Waals surface area contributed by atoms with Crippen molar-refractivity contribution in [1.82, 2.24) is 20.0 Å². The molecule has 31 heavy (non-hydrogen) atoms. The molecule has 0 aliphatic carbocycles. The van der Waals surface area contributed by atoms with Crippen LogP contribution in [0.15, 0.2) is 53.8 Å². The Hall–Kier alpha value is -2.56. The number of anilines is 2. The van der Waals surface area contributed by atoms with Crippen molar-refractivity contribution in [2.45, 2.75) is 13.5 Å². The van der Waals surface area contributed by atoms with Crippen molar-refractivity contribution < 1.29 is 4.79 Å². The zero-order valence-corrected chi connectivity index (χ0v) is 20.4. The third kappa shape index (κ3) is 5.57. The second-order valence-electron chi connectivity index (χ2n) is 7.56. The van der Waals surface area contributed by atoms with Crippen molar-refractivity contribution in [3.63, 3.8) is 0 Å². The normalized spacial score (nSPS) is 16.6. The summed E-state index contributed by atoms with van der Waals surface area (Å²) in [5.74, 6) is 0.841. The van der Waals surface area contributed by atoms with Crippen molar-refractivity contribution in [3.05, 3.63) is 54.4 Å². The maximum Gasteiger partial charge on any atom is 0.246 e. The molecule has 166 valence electrons. The molecule has 1 saturated heterocycles. The van der Waals surface area contributed by atoms with Crippen molar-refractivity contribution in [3.8, 4) is 0 Å². The Kier molecular flexibility index (Phi) is 7.94. The van der Waals surface area contributed by atoms with E-state index in [0.29, 0.717) is 19.6 Å². The number of hydrogen-bond acceptors (Lipinski definition) is 4. The highest BCUT2D eigenvalue weighted by Gasteiger charge is 2.27. The quantitative estimate of drug-likeness (QED) is 0.276. The minimum Gasteiger partial charge on any atom is -0.364 e. The number of benzene rings is 1. The number of aliphatic imine (C=N–C) groups is 1. The van der Waals surface area contributed by atoms with E-state index in [1.807, 2.05) is 25.1 Å². The lowest BCUT2D eigenvalue weighted by molar-refractivity contribution is -0.120. The van der Waals surface area contributed by atoms with Gasteiger partial charge in [0.15, 0.2) is 5.96 Å². The summed E-state index contributed by atoms with van der Waals surface area (Å²) in [6.45, 7) is 6.95. The highest BCUT2D eigenvalue weighted by Crippen LogP contribution is 2.19. The Labute approximate surface area is 200 Å². The van der Waals surface area contributed by atoms with E-state index in [0.717, 1.165) is 43.4 Å². The fraction of sp³-hybridized carbons (Fsp3) is 0.409. The van der Waals surface area contributed by atoms with Crippen LogP contribution in [0.25, 0.3) is 0 Å². The molecule has 1 aromatic carbocycles. The number of aromatic nitrogens is 2. The molecule has 2 aliphatic rings. The molecule has 1 N–H and O–H groups in total. The highest BCUT2D eigenvalue weighted by molar-refractivity contribution is 14.0. The van der Waals surface area contributed by atoms with Crippen LogP contribution in [0.3, 0.4) is 0 Å². The number of piperazine rings is 1. The van der Waals surface area contributed by atoms with Gasteiger partial charge in [-0.1, -0.05) is 24.3 Å². The van der Waals surface area contributed by atoms with Gasteiger partial charge in [0.2, 0.25) is 5.91 Å². The number of guanidine groups is 1. The minimum atomic E-state index is 0. The topological polar surface area (TPSA) is 69.0 Å². The van der Waals surface area contributed by atoms with Gasteiger partial charge < -0.3 is 20.0 Å². The fourth-order valence-corrected chi connectivity index (χ4v) is 3.81. The van der Waals surface area contributed by atoms with Crippen LogP contribution in [0.1, 0.15) is 12.5 Å². The lowest BCUT2D eigenvalue weighted by atomic mass is 10.2. The van der Waals surface area contributed by atoms with Crippen LogP contribution in [0, 0.1) is 0 Å². The highest BCUT2D eigenvalue weighted by atomic mass is 127. The van der Waals surface area contributed by atoms with Crippen LogP contribution in [-0.4, -0.2) is 65.8 Å². The van der Waals surface area contributed by atoms with Gasteiger partial charge in [0.25, 0.3) is 0 Å². The summed E-state index contributed by atoms with van der Waals surface area (Å²) >= 11 is 0. The SMILES string of the molecule is CCNC(=NCc1cccc(N2CC=CC2)c1)N1CCN(c2cnn(C)c2)C(=O)C1.I. The van der Waals surface area contributed by atoms with Gasteiger partial charge in [-0.05, 0) is 24.6 Å². The Morgan fingerprint density at radius 3 is 2.68 bits per heavy atom. The fourth-order valence-electron chi connectivity index (χ4n) is 3.81. The third-order valence-corrected chi connectivity index (χ3v) is 5.36. The summed E-state index contributed by atoms with van der Waals surface area (Å²) < 4.78 is 1.72. The number of rotatable bonds is 5. The third-order valence-electron chi connectivity index (χ3n) is 5.36. The number of aryl methyl sites for hydroxylation is 1. The zero-order chi connectivity index (χ0) is 20.9. The number of hydrogen-bond donors (Lipinski definition) is 1. The van der Waals surface area contributed by atoms with Gasteiger partial charge in [-0.15, -0.1) is 24.0 Å². The first kappa shape index (κ1) is 23.1. The van der Waals surface area contributed by atoms with Gasteiger partial charge in [0.1, 0.15) is 6.54 Å². The molecule has 1 fully saturated rings. The molecule has 0 atom stereocenters. The molecule has 0 saturated carbocycles. The number of halogens is 1. The van der Waals surface area contributed by atoms with Gasteiger partial charge >= 0.3 is 0 Å². The molecule has 4 rings (SSSR count). The summed E-state index contributed by atoms with van der Waals surface area (Å²) in [6, 6.07) is 8.53.